The Balaban J connectivity index is 0.00000560. The van der Waals surface area contributed by atoms with Crippen LogP contribution in [0, 0.1) is 0 Å². The minimum atomic E-state index is -1.72. The van der Waals surface area contributed by atoms with Crippen molar-refractivity contribution in [2.24, 2.45) is 0 Å². The first kappa shape index (κ1) is 32.6. The van der Waals surface area contributed by atoms with E-state index >= 15 is 0 Å². The number of carbonyl (C=O) groups is 4. The van der Waals surface area contributed by atoms with E-state index in [9.17, 15) is 29.4 Å². The molecule has 2 amide bonds. The number of aromatic nitrogens is 1. The number of hydrogen-bond donors (Lipinski definition) is 2. The van der Waals surface area contributed by atoms with Crippen LogP contribution < -0.4 is 4.74 Å². The number of rotatable bonds is 8. The minimum absolute atomic E-state index is 0. The molecule has 1 fully saturated rings. The molecule has 0 unspecified atom stereocenters. The Morgan fingerprint density at radius 3 is 1.68 bits per heavy atom. The standard InChI is InChI=1S/C28H38N4O7.ClH/c1-27(2,25(35)36)19-20(28(3,4)26(37)38)22(24(34)31-15-13-30(7)14-16-31)32(21(19)23(33)29(5)6)17-9-11-18(39-8)12-10-17;/h9-12H,13-16H2,1-8H3,(H,35,36)(H,37,38);1H. The van der Waals surface area contributed by atoms with E-state index in [4.69, 9.17) is 4.74 Å². The number of aliphatic carboxylic acids is 2. The maximum atomic E-state index is 14.4. The summed E-state index contributed by atoms with van der Waals surface area (Å²) in [5, 5.41) is 20.7. The summed E-state index contributed by atoms with van der Waals surface area (Å²) in [5.74, 6) is -3.01. The molecule has 40 heavy (non-hydrogen) atoms. The van der Waals surface area contributed by atoms with Crippen molar-refractivity contribution in [3.05, 3.63) is 46.8 Å². The quantitative estimate of drug-likeness (QED) is 0.489. The molecule has 1 aromatic carbocycles. The molecule has 1 aliphatic rings. The largest absolute Gasteiger partial charge is 0.497 e. The Kier molecular flexibility index (Phi) is 9.70. The zero-order chi connectivity index (χ0) is 29.4. The highest BCUT2D eigenvalue weighted by molar-refractivity contribution is 6.05. The molecule has 1 saturated heterocycles. The number of amides is 2. The third-order valence-corrected chi connectivity index (χ3v) is 7.42. The zero-order valence-electron chi connectivity index (χ0n) is 24.3. The second kappa shape index (κ2) is 11.9. The molecule has 2 N–H and O–H groups in total. The number of carboxylic acids is 2. The molecule has 1 aromatic heterocycles. The molecule has 0 aliphatic carbocycles. The van der Waals surface area contributed by atoms with Crippen LogP contribution in [0.3, 0.4) is 0 Å². The van der Waals surface area contributed by atoms with E-state index < -0.39 is 34.6 Å². The fourth-order valence-corrected chi connectivity index (χ4v) is 4.77. The number of halogens is 1. The first-order valence-electron chi connectivity index (χ1n) is 12.7. The summed E-state index contributed by atoms with van der Waals surface area (Å²) in [6.07, 6.45) is 0. The second-order valence-electron chi connectivity index (χ2n) is 11.1. The lowest BCUT2D eigenvalue weighted by molar-refractivity contribution is -0.144. The summed E-state index contributed by atoms with van der Waals surface area (Å²) in [5.41, 5.74) is -3.16. The second-order valence-corrected chi connectivity index (χ2v) is 11.1. The molecule has 2 heterocycles. The molecule has 0 spiro atoms. The smallest absolute Gasteiger partial charge is 0.313 e. The summed E-state index contributed by atoms with van der Waals surface area (Å²) in [7, 11) is 6.50. The number of nitrogens with zero attached hydrogens (tertiary/aromatic N) is 4. The first-order valence-corrected chi connectivity index (χ1v) is 12.7. The number of piperazine rings is 1. The molecule has 1 aliphatic heterocycles. The predicted octanol–water partition coefficient (Wildman–Crippen LogP) is 2.72. The summed E-state index contributed by atoms with van der Waals surface area (Å²) in [6.45, 7) is 7.70. The molecule has 3 rings (SSSR count). The molecule has 0 radical (unpaired) electrons. The van der Waals surface area contributed by atoms with Crippen LogP contribution in [0.15, 0.2) is 24.3 Å². The van der Waals surface area contributed by atoms with Crippen LogP contribution in [0.2, 0.25) is 0 Å². The average molecular weight is 579 g/mol. The van der Waals surface area contributed by atoms with E-state index in [1.165, 1.54) is 58.4 Å². The molecule has 0 atom stereocenters. The zero-order valence-corrected chi connectivity index (χ0v) is 25.1. The van der Waals surface area contributed by atoms with Gasteiger partial charge in [-0.1, -0.05) is 0 Å². The lowest BCUT2D eigenvalue weighted by Crippen LogP contribution is -2.48. The molecular formula is C28H39ClN4O7. The lowest BCUT2D eigenvalue weighted by atomic mass is 9.73. The fraction of sp³-hybridized carbons (Fsp3) is 0.500. The van der Waals surface area contributed by atoms with Gasteiger partial charge in [0, 0.05) is 57.1 Å². The predicted molar refractivity (Wildman–Crippen MR) is 152 cm³/mol. The van der Waals surface area contributed by atoms with Gasteiger partial charge >= 0.3 is 11.9 Å². The maximum Gasteiger partial charge on any atom is 0.313 e. The van der Waals surface area contributed by atoms with E-state index in [1.54, 1.807) is 29.2 Å². The monoisotopic (exact) mass is 578 g/mol. The third-order valence-electron chi connectivity index (χ3n) is 7.42. The number of carboxylic acid groups (broad SMARTS) is 2. The van der Waals surface area contributed by atoms with Gasteiger partial charge in [0.2, 0.25) is 0 Å². The van der Waals surface area contributed by atoms with Gasteiger partial charge in [0.05, 0.1) is 17.9 Å². The van der Waals surface area contributed by atoms with Gasteiger partial charge in [-0.25, -0.2) is 0 Å². The number of ether oxygens (including phenoxy) is 1. The van der Waals surface area contributed by atoms with Gasteiger partial charge in [-0.05, 0) is 59.0 Å². The Morgan fingerprint density at radius 1 is 0.825 bits per heavy atom. The van der Waals surface area contributed by atoms with E-state index in [0.29, 0.717) is 37.6 Å². The van der Waals surface area contributed by atoms with Crippen molar-refractivity contribution in [2.75, 3.05) is 54.4 Å². The van der Waals surface area contributed by atoms with Gasteiger partial charge in [-0.2, -0.15) is 0 Å². The van der Waals surface area contributed by atoms with Crippen LogP contribution >= 0.6 is 12.4 Å². The molecular weight excluding hydrogens is 540 g/mol. The molecule has 220 valence electrons. The van der Waals surface area contributed by atoms with Crippen molar-refractivity contribution in [2.45, 2.75) is 38.5 Å². The SMILES string of the molecule is COc1ccc(-n2c(C(=O)N(C)C)c(C(C)(C)C(=O)O)c(C(C)(C)C(=O)O)c2C(=O)N2CCN(C)CC2)cc1.Cl. The highest BCUT2D eigenvalue weighted by Crippen LogP contribution is 2.43. The number of hydrogen-bond acceptors (Lipinski definition) is 6. The molecule has 0 saturated carbocycles. The molecule has 11 nitrogen and oxygen atoms in total. The highest BCUT2D eigenvalue weighted by atomic mass is 35.5. The van der Waals surface area contributed by atoms with Gasteiger partial charge in [0.15, 0.2) is 0 Å². The topological polar surface area (TPSA) is 133 Å². The van der Waals surface area contributed by atoms with E-state index in [1.807, 2.05) is 7.05 Å². The van der Waals surface area contributed by atoms with Gasteiger partial charge in [-0.15, -0.1) is 12.4 Å². The summed E-state index contributed by atoms with van der Waals surface area (Å²) in [4.78, 5) is 58.6. The normalized spacial score (nSPS) is 14.3. The summed E-state index contributed by atoms with van der Waals surface area (Å²) >= 11 is 0. The van der Waals surface area contributed by atoms with Gasteiger partial charge in [-0.3, -0.25) is 19.2 Å². The summed E-state index contributed by atoms with van der Waals surface area (Å²) < 4.78 is 6.72. The number of carbonyl (C=O) groups excluding carboxylic acids is 2. The van der Waals surface area contributed by atoms with Gasteiger partial charge in [0.25, 0.3) is 11.8 Å². The maximum absolute atomic E-state index is 14.4. The van der Waals surface area contributed by atoms with Gasteiger partial charge in [0.1, 0.15) is 17.1 Å². The van der Waals surface area contributed by atoms with Crippen molar-refractivity contribution in [1.29, 1.82) is 0 Å². The Labute approximate surface area is 240 Å². The number of likely N-dealkylation sites (N-methyl/N-ethyl adjacent to an activating group) is 1. The van der Waals surface area contributed by atoms with Crippen molar-refractivity contribution in [3.8, 4) is 11.4 Å². The van der Waals surface area contributed by atoms with Crippen LogP contribution in [0.25, 0.3) is 5.69 Å². The Morgan fingerprint density at radius 2 is 1.27 bits per heavy atom. The number of benzene rings is 1. The summed E-state index contributed by atoms with van der Waals surface area (Å²) in [6, 6.07) is 6.63. The molecule has 12 heteroatoms. The van der Waals surface area contributed by atoms with Crippen LogP contribution in [-0.4, -0.2) is 108 Å². The van der Waals surface area contributed by atoms with E-state index in [2.05, 4.69) is 4.90 Å². The van der Waals surface area contributed by atoms with Crippen LogP contribution in [0.1, 0.15) is 59.8 Å². The fourth-order valence-electron chi connectivity index (χ4n) is 4.77. The van der Waals surface area contributed by atoms with Crippen LogP contribution in [0.5, 0.6) is 5.75 Å². The highest BCUT2D eigenvalue weighted by Gasteiger charge is 2.49. The van der Waals surface area contributed by atoms with Crippen molar-refractivity contribution >= 4 is 36.2 Å². The van der Waals surface area contributed by atoms with Crippen LogP contribution in [-0.2, 0) is 20.4 Å². The Bertz CT molecular complexity index is 1290. The van der Waals surface area contributed by atoms with E-state index in [-0.39, 0.29) is 34.9 Å². The third kappa shape index (κ3) is 5.66. The van der Waals surface area contributed by atoms with Crippen LogP contribution in [0.4, 0.5) is 0 Å². The van der Waals surface area contributed by atoms with Crippen molar-refractivity contribution < 1.29 is 34.1 Å². The van der Waals surface area contributed by atoms with Crippen molar-refractivity contribution in [1.82, 2.24) is 19.3 Å². The van der Waals surface area contributed by atoms with Crippen molar-refractivity contribution in [3.63, 3.8) is 0 Å². The minimum Gasteiger partial charge on any atom is -0.497 e. The molecule has 2 aromatic rings. The lowest BCUT2D eigenvalue weighted by Gasteiger charge is -2.34. The molecule has 0 bridgehead atoms. The Hall–Kier alpha value is -3.57. The van der Waals surface area contributed by atoms with Gasteiger partial charge < -0.3 is 34.2 Å². The average Bonchev–Trinajstić information content (AvgIpc) is 3.25. The number of methoxy groups -OCH3 is 1. The van der Waals surface area contributed by atoms with E-state index in [0.717, 1.165) is 0 Å². The first-order chi connectivity index (χ1) is 18.1.